The van der Waals surface area contributed by atoms with Gasteiger partial charge in [0.1, 0.15) is 5.75 Å². The maximum atomic E-state index is 12.0. The molecule has 3 aromatic carbocycles. The van der Waals surface area contributed by atoms with Crippen LogP contribution in [0.5, 0.6) is 5.75 Å². The van der Waals surface area contributed by atoms with Crippen molar-refractivity contribution in [1.29, 1.82) is 0 Å². The second-order valence-corrected chi connectivity index (χ2v) is 6.46. The van der Waals surface area contributed by atoms with Crippen LogP contribution in [0.1, 0.15) is 0 Å². The number of anilines is 1. The summed E-state index contributed by atoms with van der Waals surface area (Å²) in [7, 11) is 0. The van der Waals surface area contributed by atoms with Crippen molar-refractivity contribution in [2.75, 3.05) is 11.1 Å². The summed E-state index contributed by atoms with van der Waals surface area (Å²) in [5.74, 6) is 0.408. The Morgan fingerprint density at radius 1 is 0.846 bits per heavy atom. The summed E-state index contributed by atoms with van der Waals surface area (Å²) >= 11 is 1.41. The fraction of sp³-hybridized carbons (Fsp3) is 0.0500. The maximum absolute atomic E-state index is 12.0. The topological polar surface area (TPSA) is 74.0 Å². The Bertz CT molecular complexity index is 879. The molecule has 0 aliphatic rings. The van der Waals surface area contributed by atoms with E-state index in [1.54, 1.807) is 48.5 Å². The Kier molecular flexibility index (Phi) is 6.01. The van der Waals surface area contributed by atoms with Gasteiger partial charge in [0.15, 0.2) is 0 Å². The lowest BCUT2D eigenvalue weighted by Crippen LogP contribution is -2.13. The van der Waals surface area contributed by atoms with Gasteiger partial charge in [0.2, 0.25) is 5.91 Å². The standard InChI is InChI=1S/C20H17N3O2S/c24-18-10-12-19(13-11-18)26-14-20(25)21-15-6-8-17(9-7-15)23-22-16-4-2-1-3-5-16/h1-13,24H,14H2,(H,21,25). The number of aromatic hydroxyl groups is 1. The summed E-state index contributed by atoms with van der Waals surface area (Å²) in [5.41, 5.74) is 2.21. The second-order valence-electron chi connectivity index (χ2n) is 5.41. The zero-order valence-corrected chi connectivity index (χ0v) is 14.7. The number of nitrogens with one attached hydrogen (secondary N) is 1. The Labute approximate surface area is 155 Å². The molecule has 6 heteroatoms. The third-order valence-corrected chi connectivity index (χ3v) is 4.41. The van der Waals surface area contributed by atoms with Gasteiger partial charge in [-0.15, -0.1) is 11.8 Å². The first-order valence-corrected chi connectivity index (χ1v) is 8.96. The zero-order valence-electron chi connectivity index (χ0n) is 13.9. The van der Waals surface area contributed by atoms with Crippen LogP contribution < -0.4 is 5.32 Å². The number of thioether (sulfide) groups is 1. The Morgan fingerprint density at radius 3 is 2.12 bits per heavy atom. The Hall–Kier alpha value is -3.12. The van der Waals surface area contributed by atoms with Crippen molar-refractivity contribution in [3.05, 3.63) is 78.9 Å². The number of carbonyl (C=O) groups excluding carboxylic acids is 1. The predicted molar refractivity (Wildman–Crippen MR) is 105 cm³/mol. The summed E-state index contributed by atoms with van der Waals surface area (Å²) < 4.78 is 0. The van der Waals surface area contributed by atoms with Gasteiger partial charge < -0.3 is 10.4 Å². The largest absolute Gasteiger partial charge is 0.508 e. The molecule has 5 nitrogen and oxygen atoms in total. The molecule has 0 aromatic heterocycles. The highest BCUT2D eigenvalue weighted by Crippen LogP contribution is 2.22. The molecule has 0 saturated heterocycles. The summed E-state index contributed by atoms with van der Waals surface area (Å²) in [6.45, 7) is 0. The average molecular weight is 363 g/mol. The summed E-state index contributed by atoms with van der Waals surface area (Å²) in [4.78, 5) is 13.0. The van der Waals surface area contributed by atoms with Gasteiger partial charge in [-0.05, 0) is 60.7 Å². The van der Waals surface area contributed by atoms with Crippen molar-refractivity contribution < 1.29 is 9.90 Å². The van der Waals surface area contributed by atoms with Crippen LogP contribution in [0, 0.1) is 0 Å². The number of benzene rings is 3. The van der Waals surface area contributed by atoms with E-state index in [1.165, 1.54) is 11.8 Å². The van der Waals surface area contributed by atoms with E-state index in [-0.39, 0.29) is 11.7 Å². The minimum Gasteiger partial charge on any atom is -0.508 e. The molecule has 0 saturated carbocycles. The molecule has 1 amide bonds. The first kappa shape index (κ1) is 17.7. The van der Waals surface area contributed by atoms with Gasteiger partial charge >= 0.3 is 0 Å². The molecule has 0 radical (unpaired) electrons. The highest BCUT2D eigenvalue weighted by Gasteiger charge is 2.04. The van der Waals surface area contributed by atoms with Gasteiger partial charge in [-0.2, -0.15) is 10.2 Å². The van der Waals surface area contributed by atoms with E-state index in [9.17, 15) is 9.90 Å². The van der Waals surface area contributed by atoms with E-state index in [0.29, 0.717) is 17.1 Å². The van der Waals surface area contributed by atoms with Crippen LogP contribution in [0.25, 0.3) is 0 Å². The van der Waals surface area contributed by atoms with Gasteiger partial charge in [0, 0.05) is 10.6 Å². The molecule has 2 N–H and O–H groups in total. The van der Waals surface area contributed by atoms with E-state index in [1.807, 2.05) is 30.3 Å². The molecule has 3 rings (SSSR count). The lowest BCUT2D eigenvalue weighted by atomic mass is 10.3. The number of nitrogens with zero attached hydrogens (tertiary/aromatic N) is 2. The number of phenolic OH excluding ortho intramolecular Hbond substituents is 1. The number of hydrogen-bond donors (Lipinski definition) is 2. The third-order valence-electron chi connectivity index (χ3n) is 3.39. The van der Waals surface area contributed by atoms with Crippen molar-refractivity contribution in [2.24, 2.45) is 10.2 Å². The molecule has 0 spiro atoms. The second kappa shape index (κ2) is 8.82. The molecule has 3 aromatic rings. The molecule has 0 bridgehead atoms. The normalized spacial score (nSPS) is 10.8. The van der Waals surface area contributed by atoms with Crippen LogP contribution in [-0.2, 0) is 4.79 Å². The lowest BCUT2D eigenvalue weighted by Gasteiger charge is -2.05. The summed E-state index contributed by atoms with van der Waals surface area (Å²) in [6, 6.07) is 23.4. The number of carbonyl (C=O) groups is 1. The van der Waals surface area contributed by atoms with Crippen LogP contribution in [0.2, 0.25) is 0 Å². The van der Waals surface area contributed by atoms with Crippen molar-refractivity contribution >= 4 is 34.7 Å². The quantitative estimate of drug-likeness (QED) is 0.446. The van der Waals surface area contributed by atoms with Gasteiger partial charge in [-0.1, -0.05) is 18.2 Å². The minimum absolute atomic E-state index is 0.0956. The maximum Gasteiger partial charge on any atom is 0.234 e. The monoisotopic (exact) mass is 363 g/mol. The fourth-order valence-corrected chi connectivity index (χ4v) is 2.81. The third kappa shape index (κ3) is 5.46. The number of azo groups is 1. The van der Waals surface area contributed by atoms with Crippen LogP contribution in [0.4, 0.5) is 17.1 Å². The summed E-state index contributed by atoms with van der Waals surface area (Å²) in [6.07, 6.45) is 0. The highest BCUT2D eigenvalue weighted by molar-refractivity contribution is 8.00. The van der Waals surface area contributed by atoms with Crippen molar-refractivity contribution in [2.45, 2.75) is 4.90 Å². The van der Waals surface area contributed by atoms with Gasteiger partial charge in [-0.3, -0.25) is 4.79 Å². The molecule has 130 valence electrons. The van der Waals surface area contributed by atoms with Crippen LogP contribution in [0.3, 0.4) is 0 Å². The van der Waals surface area contributed by atoms with E-state index < -0.39 is 0 Å². The van der Waals surface area contributed by atoms with Crippen LogP contribution >= 0.6 is 11.8 Å². The van der Waals surface area contributed by atoms with Crippen LogP contribution in [0.15, 0.2) is 94.0 Å². The van der Waals surface area contributed by atoms with E-state index >= 15 is 0 Å². The minimum atomic E-state index is -0.0956. The van der Waals surface area contributed by atoms with Crippen molar-refractivity contribution in [3.63, 3.8) is 0 Å². The van der Waals surface area contributed by atoms with Crippen molar-refractivity contribution in [1.82, 2.24) is 0 Å². The van der Waals surface area contributed by atoms with E-state index in [4.69, 9.17) is 0 Å². The molecule has 0 aliphatic carbocycles. The zero-order chi connectivity index (χ0) is 18.2. The Morgan fingerprint density at radius 2 is 1.46 bits per heavy atom. The Balaban J connectivity index is 1.51. The molecule has 0 aliphatic heterocycles. The van der Waals surface area contributed by atoms with Crippen molar-refractivity contribution in [3.8, 4) is 5.75 Å². The molecule has 0 heterocycles. The highest BCUT2D eigenvalue weighted by atomic mass is 32.2. The number of hydrogen-bond acceptors (Lipinski definition) is 5. The van der Waals surface area contributed by atoms with Crippen LogP contribution in [-0.4, -0.2) is 16.8 Å². The summed E-state index contributed by atoms with van der Waals surface area (Å²) in [5, 5.41) is 20.4. The first-order valence-electron chi connectivity index (χ1n) is 7.97. The lowest BCUT2D eigenvalue weighted by molar-refractivity contribution is -0.113. The molecule has 26 heavy (non-hydrogen) atoms. The molecular formula is C20H17N3O2S. The first-order chi connectivity index (χ1) is 12.7. The molecule has 0 atom stereocenters. The van der Waals surface area contributed by atoms with E-state index in [0.717, 1.165) is 10.6 Å². The molecular weight excluding hydrogens is 346 g/mol. The van der Waals surface area contributed by atoms with Gasteiger partial charge in [0.05, 0.1) is 17.1 Å². The van der Waals surface area contributed by atoms with E-state index in [2.05, 4.69) is 15.5 Å². The molecule has 0 fully saturated rings. The number of phenols is 1. The molecule has 0 unspecified atom stereocenters. The average Bonchev–Trinajstić information content (AvgIpc) is 2.68. The van der Waals surface area contributed by atoms with Gasteiger partial charge in [-0.25, -0.2) is 0 Å². The smallest absolute Gasteiger partial charge is 0.234 e. The number of amides is 1. The SMILES string of the molecule is O=C(CSc1ccc(O)cc1)Nc1ccc(N=Nc2ccccc2)cc1. The van der Waals surface area contributed by atoms with Gasteiger partial charge in [0.25, 0.3) is 0 Å². The number of rotatable bonds is 6. The predicted octanol–water partition coefficient (Wildman–Crippen LogP) is 5.54. The fourth-order valence-electron chi connectivity index (χ4n) is 2.11.